The van der Waals surface area contributed by atoms with Gasteiger partial charge in [0, 0.05) is 48.1 Å². The first-order valence-electron chi connectivity index (χ1n) is 7.99. The summed E-state index contributed by atoms with van der Waals surface area (Å²) in [6, 6.07) is 4.92. The highest BCUT2D eigenvalue weighted by Gasteiger charge is 2.22. The van der Waals surface area contributed by atoms with Gasteiger partial charge in [-0.25, -0.2) is 4.98 Å². The van der Waals surface area contributed by atoms with Gasteiger partial charge >= 0.3 is 0 Å². The highest BCUT2D eigenvalue weighted by Crippen LogP contribution is 2.24. The van der Waals surface area contributed by atoms with Crippen LogP contribution in [-0.4, -0.2) is 53.5 Å². The SMILES string of the molecule is Cc1nc(CN2CCN(C(=O)COc3cc(Cl)cc(Cl)c3)CC2)cs1. The molecule has 0 spiro atoms. The van der Waals surface area contributed by atoms with Crippen LogP contribution in [0.15, 0.2) is 23.6 Å². The number of amides is 1. The molecule has 2 aromatic rings. The standard InChI is InChI=1S/C17H19Cl2N3O2S/c1-12-20-15(11-25-12)9-21-2-4-22(5-3-21)17(23)10-24-16-7-13(18)6-14(19)8-16/h6-8,11H,2-5,9-10H2,1H3. The topological polar surface area (TPSA) is 45.7 Å². The van der Waals surface area contributed by atoms with Crippen molar-refractivity contribution in [2.75, 3.05) is 32.8 Å². The van der Waals surface area contributed by atoms with Gasteiger partial charge in [-0.3, -0.25) is 9.69 Å². The zero-order chi connectivity index (χ0) is 17.8. The molecule has 1 aromatic heterocycles. The Hall–Kier alpha value is -1.34. The molecule has 3 rings (SSSR count). The molecular formula is C17H19Cl2N3O2S. The number of hydrogen-bond acceptors (Lipinski definition) is 5. The second kappa shape index (κ2) is 8.36. The number of carbonyl (C=O) groups is 1. The van der Waals surface area contributed by atoms with Crippen molar-refractivity contribution in [2.24, 2.45) is 0 Å². The van der Waals surface area contributed by atoms with Gasteiger partial charge in [0.25, 0.3) is 5.91 Å². The molecule has 0 N–H and O–H groups in total. The molecule has 1 aliphatic heterocycles. The number of thiazole rings is 1. The van der Waals surface area contributed by atoms with Crippen molar-refractivity contribution in [3.8, 4) is 5.75 Å². The van der Waals surface area contributed by atoms with Crippen molar-refractivity contribution in [2.45, 2.75) is 13.5 Å². The maximum Gasteiger partial charge on any atom is 0.260 e. The van der Waals surface area contributed by atoms with Crippen LogP contribution >= 0.6 is 34.5 Å². The van der Waals surface area contributed by atoms with E-state index < -0.39 is 0 Å². The minimum absolute atomic E-state index is 0.0120. The zero-order valence-electron chi connectivity index (χ0n) is 13.9. The fourth-order valence-electron chi connectivity index (χ4n) is 2.71. The number of nitrogens with zero attached hydrogens (tertiary/aromatic N) is 3. The molecule has 1 aliphatic rings. The summed E-state index contributed by atoms with van der Waals surface area (Å²) in [7, 11) is 0. The highest BCUT2D eigenvalue weighted by molar-refractivity contribution is 7.09. The second-order valence-electron chi connectivity index (χ2n) is 5.91. The number of ether oxygens (including phenoxy) is 1. The van der Waals surface area contributed by atoms with Crippen LogP contribution in [0.1, 0.15) is 10.7 Å². The number of aromatic nitrogens is 1. The minimum Gasteiger partial charge on any atom is -0.484 e. The molecule has 2 heterocycles. The highest BCUT2D eigenvalue weighted by atomic mass is 35.5. The monoisotopic (exact) mass is 399 g/mol. The van der Waals surface area contributed by atoms with Crippen molar-refractivity contribution >= 4 is 40.4 Å². The first-order valence-corrected chi connectivity index (χ1v) is 9.63. The Bertz CT molecular complexity index is 725. The fourth-order valence-corrected chi connectivity index (χ4v) is 3.82. The third-order valence-electron chi connectivity index (χ3n) is 3.98. The van der Waals surface area contributed by atoms with E-state index >= 15 is 0 Å². The normalized spacial score (nSPS) is 15.4. The Morgan fingerprint density at radius 2 is 1.88 bits per heavy atom. The van der Waals surface area contributed by atoms with E-state index in [1.807, 2.05) is 11.8 Å². The molecule has 0 unspecified atom stereocenters. The van der Waals surface area contributed by atoms with Crippen molar-refractivity contribution in [3.63, 3.8) is 0 Å². The molecule has 5 nitrogen and oxygen atoms in total. The molecule has 1 amide bonds. The Morgan fingerprint density at radius 1 is 1.20 bits per heavy atom. The maximum atomic E-state index is 12.3. The van der Waals surface area contributed by atoms with Crippen LogP contribution in [0.5, 0.6) is 5.75 Å². The predicted octanol–water partition coefficient (Wildman–Crippen LogP) is 3.48. The number of piperazine rings is 1. The zero-order valence-corrected chi connectivity index (χ0v) is 16.2. The molecule has 25 heavy (non-hydrogen) atoms. The first kappa shape index (κ1) is 18.5. The smallest absolute Gasteiger partial charge is 0.260 e. The van der Waals surface area contributed by atoms with Gasteiger partial charge in [0.1, 0.15) is 5.75 Å². The van der Waals surface area contributed by atoms with E-state index in [-0.39, 0.29) is 12.5 Å². The van der Waals surface area contributed by atoms with Crippen LogP contribution in [0, 0.1) is 6.92 Å². The lowest BCUT2D eigenvalue weighted by Crippen LogP contribution is -2.49. The van der Waals surface area contributed by atoms with Gasteiger partial charge in [-0.05, 0) is 25.1 Å². The molecule has 0 radical (unpaired) electrons. The van der Waals surface area contributed by atoms with E-state index in [4.69, 9.17) is 27.9 Å². The summed E-state index contributed by atoms with van der Waals surface area (Å²) in [6.07, 6.45) is 0. The van der Waals surface area contributed by atoms with Gasteiger partial charge in [-0.15, -0.1) is 11.3 Å². The number of benzene rings is 1. The van der Waals surface area contributed by atoms with Gasteiger partial charge in [0.05, 0.1) is 10.7 Å². The molecule has 134 valence electrons. The maximum absolute atomic E-state index is 12.3. The van der Waals surface area contributed by atoms with Crippen molar-refractivity contribution in [1.29, 1.82) is 0 Å². The molecular weight excluding hydrogens is 381 g/mol. The van der Waals surface area contributed by atoms with Crippen molar-refractivity contribution in [3.05, 3.63) is 44.3 Å². The van der Waals surface area contributed by atoms with Crippen molar-refractivity contribution < 1.29 is 9.53 Å². The van der Waals surface area contributed by atoms with E-state index in [9.17, 15) is 4.79 Å². The van der Waals surface area contributed by atoms with Gasteiger partial charge in [0.15, 0.2) is 6.61 Å². The summed E-state index contributed by atoms with van der Waals surface area (Å²) in [5.74, 6) is 0.476. The van der Waals surface area contributed by atoms with Crippen molar-refractivity contribution in [1.82, 2.24) is 14.8 Å². The van der Waals surface area contributed by atoms with Gasteiger partial charge < -0.3 is 9.64 Å². The number of hydrogen-bond donors (Lipinski definition) is 0. The fraction of sp³-hybridized carbons (Fsp3) is 0.412. The molecule has 0 aliphatic carbocycles. The van der Waals surface area contributed by atoms with Gasteiger partial charge in [0.2, 0.25) is 0 Å². The quantitative estimate of drug-likeness (QED) is 0.771. The van der Waals surface area contributed by atoms with Crippen LogP contribution < -0.4 is 4.74 Å². The molecule has 1 fully saturated rings. The largest absolute Gasteiger partial charge is 0.484 e. The number of aryl methyl sites for hydroxylation is 1. The lowest BCUT2D eigenvalue weighted by atomic mass is 10.3. The second-order valence-corrected chi connectivity index (χ2v) is 7.84. The Labute approximate surface area is 161 Å². The molecule has 1 saturated heterocycles. The molecule has 1 aromatic carbocycles. The Balaban J connectivity index is 1.45. The van der Waals surface area contributed by atoms with E-state index in [1.54, 1.807) is 29.5 Å². The molecule has 8 heteroatoms. The number of rotatable bonds is 5. The lowest BCUT2D eigenvalue weighted by molar-refractivity contribution is -0.135. The van der Waals surface area contributed by atoms with Crippen LogP contribution in [0.4, 0.5) is 0 Å². The Morgan fingerprint density at radius 3 is 2.48 bits per heavy atom. The van der Waals surface area contributed by atoms with E-state index in [0.29, 0.717) is 28.9 Å². The molecule has 0 saturated carbocycles. The third-order valence-corrected chi connectivity index (χ3v) is 5.23. The average molecular weight is 400 g/mol. The average Bonchev–Trinajstić information content (AvgIpc) is 2.97. The van der Waals surface area contributed by atoms with Crippen LogP contribution in [0.2, 0.25) is 10.0 Å². The summed E-state index contributed by atoms with van der Waals surface area (Å²) >= 11 is 13.5. The summed E-state index contributed by atoms with van der Waals surface area (Å²) in [5, 5.41) is 4.15. The molecule has 0 atom stereocenters. The van der Waals surface area contributed by atoms with Crippen LogP contribution in [0.3, 0.4) is 0 Å². The predicted molar refractivity (Wildman–Crippen MR) is 101 cm³/mol. The third kappa shape index (κ3) is 5.31. The summed E-state index contributed by atoms with van der Waals surface area (Å²) in [6.45, 7) is 5.91. The molecule has 0 bridgehead atoms. The number of carbonyl (C=O) groups excluding carboxylic acids is 1. The van der Waals surface area contributed by atoms with Crippen LogP contribution in [0.25, 0.3) is 0 Å². The number of halogens is 2. The van der Waals surface area contributed by atoms with Gasteiger partial charge in [-0.1, -0.05) is 23.2 Å². The van der Waals surface area contributed by atoms with Gasteiger partial charge in [-0.2, -0.15) is 0 Å². The van der Waals surface area contributed by atoms with E-state index in [2.05, 4.69) is 15.3 Å². The Kier molecular flexibility index (Phi) is 6.17. The minimum atomic E-state index is -0.0275. The first-order chi connectivity index (χ1) is 12.0. The summed E-state index contributed by atoms with van der Waals surface area (Å²) in [5.41, 5.74) is 1.10. The summed E-state index contributed by atoms with van der Waals surface area (Å²) in [4.78, 5) is 20.9. The van der Waals surface area contributed by atoms with Crippen LogP contribution in [-0.2, 0) is 11.3 Å². The summed E-state index contributed by atoms with van der Waals surface area (Å²) < 4.78 is 5.53. The van der Waals surface area contributed by atoms with E-state index in [0.717, 1.165) is 30.3 Å². The lowest BCUT2D eigenvalue weighted by Gasteiger charge is -2.34. The van der Waals surface area contributed by atoms with E-state index in [1.165, 1.54) is 0 Å².